The third kappa shape index (κ3) is 4.38. The van der Waals surface area contributed by atoms with Crippen molar-refractivity contribution in [2.75, 3.05) is 13.6 Å². The zero-order chi connectivity index (χ0) is 15.1. The third-order valence-electron chi connectivity index (χ3n) is 3.34. The third-order valence-corrected chi connectivity index (χ3v) is 3.34. The molecule has 4 nitrogen and oxygen atoms in total. The van der Waals surface area contributed by atoms with E-state index in [1.165, 1.54) is 5.56 Å². The highest BCUT2D eigenvalue weighted by atomic mass is 16.3. The Morgan fingerprint density at radius 2 is 1.90 bits per heavy atom. The van der Waals surface area contributed by atoms with E-state index in [-0.39, 0.29) is 0 Å². The Morgan fingerprint density at radius 1 is 1.19 bits per heavy atom. The van der Waals surface area contributed by atoms with E-state index in [2.05, 4.69) is 11.1 Å². The Morgan fingerprint density at radius 3 is 2.52 bits per heavy atom. The largest absolute Gasteiger partial charge is 0.385 e. The number of nitriles is 1. The molecule has 2 atom stereocenters. The van der Waals surface area contributed by atoms with Crippen molar-refractivity contribution in [2.24, 2.45) is 5.92 Å². The van der Waals surface area contributed by atoms with E-state index in [0.29, 0.717) is 12.2 Å². The van der Waals surface area contributed by atoms with E-state index in [1.807, 2.05) is 48.3 Å². The smallest absolute Gasteiger partial charge is 0.113 e. The van der Waals surface area contributed by atoms with Gasteiger partial charge in [0, 0.05) is 19.3 Å². The molecule has 108 valence electrons. The first-order valence-corrected chi connectivity index (χ1v) is 6.92. The number of pyridine rings is 1. The van der Waals surface area contributed by atoms with Crippen molar-refractivity contribution in [3.63, 3.8) is 0 Å². The Bertz CT molecular complexity index is 580. The monoisotopic (exact) mass is 281 g/mol. The quantitative estimate of drug-likeness (QED) is 0.883. The fourth-order valence-electron chi connectivity index (χ4n) is 2.26. The van der Waals surface area contributed by atoms with Crippen LogP contribution >= 0.6 is 0 Å². The lowest BCUT2D eigenvalue weighted by Crippen LogP contribution is -2.28. The lowest BCUT2D eigenvalue weighted by molar-refractivity contribution is 0.107. The summed E-state index contributed by atoms with van der Waals surface area (Å²) >= 11 is 0. The molecular weight excluding hydrogens is 262 g/mol. The van der Waals surface area contributed by atoms with E-state index in [1.54, 1.807) is 18.3 Å². The Labute approximate surface area is 125 Å². The molecule has 0 aliphatic rings. The van der Waals surface area contributed by atoms with Crippen molar-refractivity contribution >= 4 is 0 Å². The van der Waals surface area contributed by atoms with Crippen molar-refractivity contribution in [3.8, 4) is 6.07 Å². The van der Waals surface area contributed by atoms with Crippen molar-refractivity contribution in [3.05, 3.63) is 66.0 Å². The Hall–Kier alpha value is -2.22. The molecule has 2 aromatic rings. The van der Waals surface area contributed by atoms with Crippen molar-refractivity contribution < 1.29 is 5.11 Å². The van der Waals surface area contributed by atoms with Crippen molar-refractivity contribution in [2.45, 2.75) is 12.6 Å². The molecule has 1 N–H and O–H groups in total. The second-order valence-electron chi connectivity index (χ2n) is 5.12. The lowest BCUT2D eigenvalue weighted by Gasteiger charge is -2.23. The first-order valence-electron chi connectivity index (χ1n) is 6.92. The van der Waals surface area contributed by atoms with Crippen LogP contribution in [0.4, 0.5) is 0 Å². The van der Waals surface area contributed by atoms with Gasteiger partial charge in [-0.2, -0.15) is 5.26 Å². The second kappa shape index (κ2) is 7.53. The molecule has 0 aliphatic heterocycles. The van der Waals surface area contributed by atoms with Crippen molar-refractivity contribution in [1.29, 1.82) is 5.26 Å². The van der Waals surface area contributed by atoms with Gasteiger partial charge in [0.05, 0.1) is 17.7 Å². The van der Waals surface area contributed by atoms with Gasteiger partial charge in [-0.25, -0.2) is 0 Å². The number of aliphatic hydroxyl groups excluding tert-OH is 1. The van der Waals surface area contributed by atoms with Gasteiger partial charge in [-0.1, -0.05) is 36.4 Å². The van der Waals surface area contributed by atoms with Gasteiger partial charge in [-0.15, -0.1) is 0 Å². The summed E-state index contributed by atoms with van der Waals surface area (Å²) in [6.45, 7) is 1.23. The number of aliphatic hydroxyl groups is 1. The molecule has 4 heteroatoms. The van der Waals surface area contributed by atoms with Crippen LogP contribution < -0.4 is 0 Å². The highest BCUT2D eigenvalue weighted by Gasteiger charge is 2.23. The van der Waals surface area contributed by atoms with Crippen LogP contribution in [0.15, 0.2) is 54.7 Å². The van der Waals surface area contributed by atoms with Crippen LogP contribution in [0.25, 0.3) is 0 Å². The lowest BCUT2D eigenvalue weighted by atomic mass is 10.00. The molecule has 0 fully saturated rings. The summed E-state index contributed by atoms with van der Waals surface area (Å²) in [6.07, 6.45) is 0.759. The normalized spacial score (nSPS) is 13.6. The summed E-state index contributed by atoms with van der Waals surface area (Å²) in [5.41, 5.74) is 1.72. The maximum atomic E-state index is 10.3. The zero-order valence-electron chi connectivity index (χ0n) is 12.1. The number of rotatable bonds is 6. The van der Waals surface area contributed by atoms with Gasteiger partial charge in [0.1, 0.15) is 6.10 Å². The van der Waals surface area contributed by atoms with Crippen molar-refractivity contribution in [1.82, 2.24) is 9.88 Å². The van der Waals surface area contributed by atoms with Gasteiger partial charge in [0.15, 0.2) is 0 Å². The minimum absolute atomic E-state index is 0.489. The van der Waals surface area contributed by atoms with E-state index in [4.69, 9.17) is 0 Å². The number of hydrogen-bond acceptors (Lipinski definition) is 4. The van der Waals surface area contributed by atoms with Crippen LogP contribution in [0.2, 0.25) is 0 Å². The predicted molar refractivity (Wildman–Crippen MR) is 81.1 cm³/mol. The zero-order valence-corrected chi connectivity index (χ0v) is 12.1. The maximum Gasteiger partial charge on any atom is 0.113 e. The minimum Gasteiger partial charge on any atom is -0.385 e. The summed E-state index contributed by atoms with van der Waals surface area (Å²) in [6, 6.07) is 17.6. The van der Waals surface area contributed by atoms with E-state index in [9.17, 15) is 10.4 Å². The fraction of sp³-hybridized carbons (Fsp3) is 0.294. The van der Waals surface area contributed by atoms with Crippen LogP contribution in [0, 0.1) is 17.2 Å². The molecular formula is C17H19N3O. The highest BCUT2D eigenvalue weighted by Crippen LogP contribution is 2.20. The molecule has 1 heterocycles. The average molecular weight is 281 g/mol. The summed E-state index contributed by atoms with van der Waals surface area (Å²) in [5.74, 6) is -0.506. The summed E-state index contributed by atoms with van der Waals surface area (Å²) in [5, 5.41) is 19.6. The van der Waals surface area contributed by atoms with E-state index >= 15 is 0 Å². The number of nitrogens with zero attached hydrogens (tertiary/aromatic N) is 3. The summed E-state index contributed by atoms with van der Waals surface area (Å²) in [4.78, 5) is 6.16. The van der Waals surface area contributed by atoms with E-state index in [0.717, 1.165) is 6.54 Å². The van der Waals surface area contributed by atoms with Gasteiger partial charge in [-0.3, -0.25) is 4.98 Å². The van der Waals surface area contributed by atoms with E-state index < -0.39 is 12.0 Å². The Kier molecular flexibility index (Phi) is 5.44. The minimum atomic E-state index is -0.866. The van der Waals surface area contributed by atoms with Crippen LogP contribution in [-0.2, 0) is 6.54 Å². The second-order valence-corrected chi connectivity index (χ2v) is 5.12. The average Bonchev–Trinajstić information content (AvgIpc) is 2.53. The van der Waals surface area contributed by atoms with Gasteiger partial charge < -0.3 is 10.0 Å². The molecule has 1 aromatic carbocycles. The molecule has 1 aromatic heterocycles. The molecule has 21 heavy (non-hydrogen) atoms. The molecule has 2 rings (SSSR count). The standard InChI is InChI=1S/C17H19N3O/c1-20(12-14-7-3-2-4-8-14)13-15(11-18)17(21)16-9-5-6-10-19-16/h2-10,15,17,21H,12-13H2,1H3/t15-,17-/m1/s1. The van der Waals surface area contributed by atoms with Gasteiger partial charge in [0.25, 0.3) is 0 Å². The number of hydrogen-bond donors (Lipinski definition) is 1. The van der Waals surface area contributed by atoms with Gasteiger partial charge in [-0.05, 0) is 24.7 Å². The van der Waals surface area contributed by atoms with Crippen LogP contribution in [0.1, 0.15) is 17.4 Å². The first kappa shape index (κ1) is 15.2. The topological polar surface area (TPSA) is 60.2 Å². The highest BCUT2D eigenvalue weighted by molar-refractivity contribution is 5.15. The summed E-state index contributed by atoms with van der Waals surface area (Å²) in [7, 11) is 1.95. The molecule has 0 unspecified atom stereocenters. The molecule has 0 saturated carbocycles. The van der Waals surface area contributed by atoms with Crippen LogP contribution in [0.3, 0.4) is 0 Å². The molecule has 0 amide bonds. The maximum absolute atomic E-state index is 10.3. The summed E-state index contributed by atoms with van der Waals surface area (Å²) < 4.78 is 0. The first-order chi connectivity index (χ1) is 10.2. The SMILES string of the molecule is CN(Cc1ccccc1)C[C@@H](C#N)[C@@H](O)c1ccccn1. The van der Waals surface area contributed by atoms with Crippen LogP contribution in [0.5, 0.6) is 0 Å². The fourth-order valence-corrected chi connectivity index (χ4v) is 2.26. The Balaban J connectivity index is 1.97. The van der Waals surface area contributed by atoms with Crippen LogP contribution in [-0.4, -0.2) is 28.6 Å². The molecule has 0 spiro atoms. The number of benzene rings is 1. The molecule has 0 radical (unpaired) electrons. The predicted octanol–water partition coefficient (Wildman–Crippen LogP) is 2.39. The molecule has 0 bridgehead atoms. The van der Waals surface area contributed by atoms with Gasteiger partial charge in [0.2, 0.25) is 0 Å². The molecule has 0 saturated heterocycles. The molecule has 0 aliphatic carbocycles. The van der Waals surface area contributed by atoms with Gasteiger partial charge >= 0.3 is 0 Å². The number of aromatic nitrogens is 1.